The molecule has 112 valence electrons. The summed E-state index contributed by atoms with van der Waals surface area (Å²) in [4.78, 5) is 0. The Hall–Kier alpha value is -2.07. The van der Waals surface area contributed by atoms with Crippen LogP contribution in [-0.4, -0.2) is 24.4 Å². The van der Waals surface area contributed by atoms with Crippen molar-refractivity contribution >= 4 is 5.69 Å². The predicted octanol–water partition coefficient (Wildman–Crippen LogP) is 3.29. The highest BCUT2D eigenvalue weighted by Crippen LogP contribution is 2.19. The number of para-hydroxylation sites is 1. The van der Waals surface area contributed by atoms with Crippen LogP contribution in [0, 0.1) is 19.7 Å². The van der Waals surface area contributed by atoms with Gasteiger partial charge in [0.2, 0.25) is 0 Å². The third-order valence-corrected chi connectivity index (χ3v) is 3.16. The van der Waals surface area contributed by atoms with E-state index >= 15 is 0 Å². The topological polar surface area (TPSA) is 41.5 Å². The number of rotatable bonds is 6. The zero-order chi connectivity index (χ0) is 15.2. The lowest BCUT2D eigenvalue weighted by Gasteiger charge is -2.15. The van der Waals surface area contributed by atoms with Gasteiger partial charge in [-0.2, -0.15) is 0 Å². The second-order valence-electron chi connectivity index (χ2n) is 5.09. The molecule has 0 aromatic heterocycles. The Balaban J connectivity index is 1.82. The third-order valence-electron chi connectivity index (χ3n) is 3.16. The monoisotopic (exact) mass is 289 g/mol. The summed E-state index contributed by atoms with van der Waals surface area (Å²) in [5, 5.41) is 12.8. The molecule has 0 aliphatic carbocycles. The van der Waals surface area contributed by atoms with Gasteiger partial charge in [0.25, 0.3) is 0 Å². The molecule has 2 aromatic rings. The van der Waals surface area contributed by atoms with Gasteiger partial charge in [-0.3, -0.25) is 0 Å². The molecule has 0 bridgehead atoms. The number of nitrogens with one attached hydrogen (secondary N) is 1. The van der Waals surface area contributed by atoms with E-state index in [0.29, 0.717) is 5.69 Å². The molecule has 0 aliphatic heterocycles. The van der Waals surface area contributed by atoms with E-state index in [1.54, 1.807) is 18.2 Å². The van der Waals surface area contributed by atoms with Crippen LogP contribution in [0.3, 0.4) is 0 Å². The van der Waals surface area contributed by atoms with Crippen LogP contribution in [0.2, 0.25) is 0 Å². The fourth-order valence-corrected chi connectivity index (χ4v) is 2.04. The van der Waals surface area contributed by atoms with Gasteiger partial charge < -0.3 is 15.2 Å². The minimum atomic E-state index is -0.717. The number of hydrogen-bond acceptors (Lipinski definition) is 3. The summed E-state index contributed by atoms with van der Waals surface area (Å²) in [6, 6.07) is 12.3. The molecular weight excluding hydrogens is 269 g/mol. The van der Waals surface area contributed by atoms with Crippen molar-refractivity contribution in [3.8, 4) is 5.75 Å². The van der Waals surface area contributed by atoms with E-state index in [0.717, 1.165) is 11.3 Å². The molecule has 0 saturated carbocycles. The first kappa shape index (κ1) is 15.3. The summed E-state index contributed by atoms with van der Waals surface area (Å²) in [6.07, 6.45) is -0.717. The second kappa shape index (κ2) is 7.09. The highest BCUT2D eigenvalue weighted by Gasteiger charge is 2.08. The number of aliphatic hydroxyl groups excluding tert-OH is 1. The normalized spacial score (nSPS) is 12.0. The summed E-state index contributed by atoms with van der Waals surface area (Å²) in [5.74, 6) is 0.422. The van der Waals surface area contributed by atoms with Crippen molar-refractivity contribution in [2.45, 2.75) is 20.0 Å². The van der Waals surface area contributed by atoms with Crippen molar-refractivity contribution in [3.63, 3.8) is 0 Å². The second-order valence-corrected chi connectivity index (χ2v) is 5.09. The highest BCUT2D eigenvalue weighted by atomic mass is 19.1. The van der Waals surface area contributed by atoms with Gasteiger partial charge in [0, 0.05) is 6.54 Å². The molecule has 2 N–H and O–H groups in total. The Labute approximate surface area is 124 Å². The van der Waals surface area contributed by atoms with Crippen molar-refractivity contribution in [2.24, 2.45) is 0 Å². The third kappa shape index (κ3) is 4.46. The summed E-state index contributed by atoms with van der Waals surface area (Å²) in [7, 11) is 0. The summed E-state index contributed by atoms with van der Waals surface area (Å²) < 4.78 is 19.0. The Bertz CT molecular complexity index is 601. The average molecular weight is 289 g/mol. The molecule has 0 heterocycles. The van der Waals surface area contributed by atoms with Crippen LogP contribution in [-0.2, 0) is 0 Å². The van der Waals surface area contributed by atoms with E-state index in [2.05, 4.69) is 5.32 Å². The Morgan fingerprint density at radius 1 is 1.19 bits per heavy atom. The van der Waals surface area contributed by atoms with Gasteiger partial charge in [0.15, 0.2) is 0 Å². The molecule has 0 fully saturated rings. The highest BCUT2D eigenvalue weighted by molar-refractivity contribution is 5.44. The molecule has 1 unspecified atom stereocenters. The standard InChI is InChI=1S/C17H20FNO2/c1-12-7-8-17(13(2)9-12)21-11-14(20)10-19-16-6-4-3-5-15(16)18/h3-9,14,19-20H,10-11H2,1-2H3. The Morgan fingerprint density at radius 3 is 2.67 bits per heavy atom. The first-order valence-corrected chi connectivity index (χ1v) is 6.93. The molecule has 3 nitrogen and oxygen atoms in total. The number of aryl methyl sites for hydroxylation is 2. The van der Waals surface area contributed by atoms with E-state index in [-0.39, 0.29) is 19.0 Å². The molecule has 4 heteroatoms. The average Bonchev–Trinajstić information content (AvgIpc) is 2.45. The van der Waals surface area contributed by atoms with Gasteiger partial charge >= 0.3 is 0 Å². The number of halogens is 1. The lowest BCUT2D eigenvalue weighted by Crippen LogP contribution is -2.26. The molecule has 0 aliphatic rings. The lowest BCUT2D eigenvalue weighted by atomic mass is 10.1. The zero-order valence-electron chi connectivity index (χ0n) is 12.3. The number of benzene rings is 2. The summed E-state index contributed by atoms with van der Waals surface area (Å²) >= 11 is 0. The molecule has 0 spiro atoms. The molecule has 2 rings (SSSR count). The molecule has 1 atom stereocenters. The van der Waals surface area contributed by atoms with Crippen LogP contribution in [0.4, 0.5) is 10.1 Å². The van der Waals surface area contributed by atoms with Crippen molar-refractivity contribution < 1.29 is 14.2 Å². The van der Waals surface area contributed by atoms with Crippen LogP contribution in [0.25, 0.3) is 0 Å². The fraction of sp³-hybridized carbons (Fsp3) is 0.294. The van der Waals surface area contributed by atoms with Gasteiger partial charge in [-0.1, -0.05) is 29.8 Å². The first-order chi connectivity index (χ1) is 10.1. The quantitative estimate of drug-likeness (QED) is 0.857. The maximum absolute atomic E-state index is 13.4. The first-order valence-electron chi connectivity index (χ1n) is 6.93. The maximum atomic E-state index is 13.4. The van der Waals surface area contributed by atoms with Crippen molar-refractivity contribution in [2.75, 3.05) is 18.5 Å². The van der Waals surface area contributed by atoms with Crippen LogP contribution in [0.5, 0.6) is 5.75 Å². The van der Waals surface area contributed by atoms with Gasteiger partial charge in [0.1, 0.15) is 24.3 Å². The number of anilines is 1. The molecule has 0 amide bonds. The van der Waals surface area contributed by atoms with E-state index < -0.39 is 6.10 Å². The fourth-order valence-electron chi connectivity index (χ4n) is 2.04. The SMILES string of the molecule is Cc1ccc(OCC(O)CNc2ccccc2F)c(C)c1. The summed E-state index contributed by atoms with van der Waals surface area (Å²) in [5.41, 5.74) is 2.58. The van der Waals surface area contributed by atoms with Crippen molar-refractivity contribution in [1.29, 1.82) is 0 Å². The molecule has 0 saturated heterocycles. The number of ether oxygens (including phenoxy) is 1. The van der Waals surface area contributed by atoms with Crippen LogP contribution in [0.15, 0.2) is 42.5 Å². The van der Waals surface area contributed by atoms with Crippen LogP contribution < -0.4 is 10.1 Å². The van der Waals surface area contributed by atoms with Crippen molar-refractivity contribution in [1.82, 2.24) is 0 Å². The van der Waals surface area contributed by atoms with Gasteiger partial charge in [-0.05, 0) is 37.6 Å². The Morgan fingerprint density at radius 2 is 1.95 bits per heavy atom. The maximum Gasteiger partial charge on any atom is 0.146 e. The zero-order valence-corrected chi connectivity index (χ0v) is 12.3. The van der Waals surface area contributed by atoms with E-state index in [9.17, 15) is 9.50 Å². The summed E-state index contributed by atoms with van der Waals surface area (Å²) in [6.45, 7) is 4.37. The molecule has 2 aromatic carbocycles. The van der Waals surface area contributed by atoms with E-state index in [1.165, 1.54) is 11.6 Å². The molecule has 0 radical (unpaired) electrons. The largest absolute Gasteiger partial charge is 0.491 e. The van der Waals surface area contributed by atoms with Crippen molar-refractivity contribution in [3.05, 3.63) is 59.4 Å². The van der Waals surface area contributed by atoms with Gasteiger partial charge in [-0.25, -0.2) is 4.39 Å². The van der Waals surface area contributed by atoms with Gasteiger partial charge in [-0.15, -0.1) is 0 Å². The predicted molar refractivity (Wildman–Crippen MR) is 82.3 cm³/mol. The number of hydrogen-bond donors (Lipinski definition) is 2. The minimum absolute atomic E-state index is 0.158. The number of aliphatic hydroxyl groups is 1. The van der Waals surface area contributed by atoms with Gasteiger partial charge in [0.05, 0.1) is 5.69 Å². The van der Waals surface area contributed by atoms with E-state index in [4.69, 9.17) is 4.74 Å². The molecular formula is C17H20FNO2. The smallest absolute Gasteiger partial charge is 0.146 e. The Kier molecular flexibility index (Phi) is 5.17. The molecule has 21 heavy (non-hydrogen) atoms. The minimum Gasteiger partial charge on any atom is -0.491 e. The van der Waals surface area contributed by atoms with Crippen LogP contribution in [0.1, 0.15) is 11.1 Å². The lowest BCUT2D eigenvalue weighted by molar-refractivity contribution is 0.117. The van der Waals surface area contributed by atoms with Crippen LogP contribution >= 0.6 is 0 Å². The van der Waals surface area contributed by atoms with E-state index in [1.807, 2.05) is 32.0 Å².